The molecule has 120 valence electrons. The van der Waals surface area contributed by atoms with Crippen molar-refractivity contribution >= 4 is 8.32 Å². The summed E-state index contributed by atoms with van der Waals surface area (Å²) in [5.74, 6) is -10.3. The molecule has 0 spiro atoms. The van der Waals surface area contributed by atoms with Gasteiger partial charge >= 0.3 is 0 Å². The van der Waals surface area contributed by atoms with E-state index in [9.17, 15) is 26.7 Å². The Balaban J connectivity index is 3.61. The molecule has 0 saturated carbocycles. The van der Waals surface area contributed by atoms with E-state index in [4.69, 9.17) is 5.73 Å². The number of rotatable bonds is 4. The van der Waals surface area contributed by atoms with Crippen molar-refractivity contribution in [2.24, 2.45) is 5.73 Å². The van der Waals surface area contributed by atoms with Crippen LogP contribution in [0, 0.1) is 29.1 Å². The summed E-state index contributed by atoms with van der Waals surface area (Å²) in [6.45, 7) is 6.44. The maximum atomic E-state index is 13.8. The molecule has 0 amide bonds. The first-order valence-corrected chi connectivity index (χ1v) is 8.65. The van der Waals surface area contributed by atoms with Crippen LogP contribution in [0.5, 0.6) is 0 Å². The molecule has 0 bridgehead atoms. The van der Waals surface area contributed by atoms with Crippen LogP contribution >= 0.6 is 0 Å². The molecule has 1 aromatic carbocycles. The van der Waals surface area contributed by atoms with Crippen LogP contribution in [0.15, 0.2) is 0 Å². The molecule has 1 rings (SSSR count). The zero-order valence-corrected chi connectivity index (χ0v) is 13.1. The van der Waals surface area contributed by atoms with Gasteiger partial charge in [0.2, 0.25) is 14.1 Å². The molecule has 0 heterocycles. The summed E-state index contributed by atoms with van der Waals surface area (Å²) in [6.07, 6.45) is 0. The standard InChI is InChI=1S/C13H18F5NOSi/c1-5(2)21(20,6(3)4)13(19)7-8(14)10(16)12(18)11(17)9(7)15/h5-6,13,20H,19H2,1-4H3. The SMILES string of the molecule is CC(C)[Si](O)(C(C)C)C(N)c1c(F)c(F)c(F)c(F)c1F. The normalized spacial score (nSPS) is 14.1. The second-order valence-corrected chi connectivity index (χ2v) is 10.4. The van der Waals surface area contributed by atoms with Crippen molar-refractivity contribution in [1.29, 1.82) is 0 Å². The van der Waals surface area contributed by atoms with Crippen LogP contribution in [-0.2, 0) is 0 Å². The van der Waals surface area contributed by atoms with Crippen LogP contribution in [0.4, 0.5) is 22.0 Å². The van der Waals surface area contributed by atoms with Crippen molar-refractivity contribution in [2.75, 3.05) is 0 Å². The largest absolute Gasteiger partial charge is 0.429 e. The van der Waals surface area contributed by atoms with Crippen molar-refractivity contribution in [2.45, 2.75) is 44.4 Å². The van der Waals surface area contributed by atoms with Crippen LogP contribution in [0.3, 0.4) is 0 Å². The van der Waals surface area contributed by atoms with Crippen LogP contribution in [0.25, 0.3) is 0 Å². The lowest BCUT2D eigenvalue weighted by atomic mass is 10.1. The Morgan fingerprint density at radius 1 is 0.762 bits per heavy atom. The summed E-state index contributed by atoms with van der Waals surface area (Å²) in [4.78, 5) is 10.7. The average Bonchev–Trinajstić information content (AvgIpc) is 2.41. The van der Waals surface area contributed by atoms with Gasteiger partial charge in [-0.2, -0.15) is 0 Å². The topological polar surface area (TPSA) is 46.2 Å². The van der Waals surface area contributed by atoms with Gasteiger partial charge < -0.3 is 10.5 Å². The first kappa shape index (κ1) is 18.1. The Morgan fingerprint density at radius 2 is 1.05 bits per heavy atom. The van der Waals surface area contributed by atoms with Crippen molar-refractivity contribution < 1.29 is 26.7 Å². The second-order valence-electron chi connectivity index (χ2n) is 5.66. The molecule has 0 aliphatic rings. The van der Waals surface area contributed by atoms with Crippen LogP contribution < -0.4 is 5.73 Å². The molecule has 1 atom stereocenters. The van der Waals surface area contributed by atoms with E-state index in [-0.39, 0.29) is 0 Å². The fourth-order valence-electron chi connectivity index (χ4n) is 2.51. The maximum Gasteiger partial charge on any atom is 0.214 e. The van der Waals surface area contributed by atoms with Crippen molar-refractivity contribution in [1.82, 2.24) is 0 Å². The highest BCUT2D eigenvalue weighted by atomic mass is 28.4. The van der Waals surface area contributed by atoms with Crippen molar-refractivity contribution in [3.05, 3.63) is 34.6 Å². The Hall–Kier alpha value is -0.993. The number of hydrogen-bond acceptors (Lipinski definition) is 2. The first-order chi connectivity index (χ1) is 9.47. The molecule has 21 heavy (non-hydrogen) atoms. The second kappa shape index (κ2) is 6.02. The van der Waals surface area contributed by atoms with Gasteiger partial charge in [-0.25, -0.2) is 22.0 Å². The minimum absolute atomic E-state index is 0.428. The third kappa shape index (κ3) is 2.71. The third-order valence-corrected chi connectivity index (χ3v) is 8.89. The van der Waals surface area contributed by atoms with E-state index < -0.39 is 59.7 Å². The van der Waals surface area contributed by atoms with Gasteiger partial charge in [0.15, 0.2) is 23.3 Å². The monoisotopic (exact) mass is 327 g/mol. The minimum atomic E-state index is -3.53. The molecule has 1 unspecified atom stereocenters. The molecule has 0 saturated heterocycles. The van der Waals surface area contributed by atoms with Gasteiger partial charge in [-0.15, -0.1) is 0 Å². The molecular formula is C13H18F5NOSi. The summed E-state index contributed by atoms with van der Waals surface area (Å²) in [5.41, 5.74) is 2.13. The van der Waals surface area contributed by atoms with E-state index in [0.717, 1.165) is 0 Å². The molecule has 3 N–H and O–H groups in total. The molecule has 1 aromatic rings. The van der Waals surface area contributed by atoms with Crippen LogP contribution in [0.2, 0.25) is 11.1 Å². The van der Waals surface area contributed by atoms with Gasteiger partial charge in [0.25, 0.3) is 0 Å². The van der Waals surface area contributed by atoms with Gasteiger partial charge in [0, 0.05) is 5.56 Å². The molecule has 8 heteroatoms. The Labute approximate surface area is 120 Å². The molecule has 2 nitrogen and oxygen atoms in total. The molecule has 0 fully saturated rings. The molecule has 0 aliphatic carbocycles. The summed E-state index contributed by atoms with van der Waals surface area (Å²) < 4.78 is 67.2. The fraction of sp³-hybridized carbons (Fsp3) is 0.538. The quantitative estimate of drug-likeness (QED) is 0.383. The van der Waals surface area contributed by atoms with Crippen molar-refractivity contribution in [3.63, 3.8) is 0 Å². The highest BCUT2D eigenvalue weighted by Gasteiger charge is 2.48. The predicted molar refractivity (Wildman–Crippen MR) is 71.3 cm³/mol. The van der Waals surface area contributed by atoms with Crippen LogP contribution in [-0.4, -0.2) is 13.1 Å². The zero-order chi connectivity index (χ0) is 16.7. The first-order valence-electron chi connectivity index (χ1n) is 6.47. The Kier molecular flexibility index (Phi) is 5.17. The van der Waals surface area contributed by atoms with E-state index in [0.29, 0.717) is 0 Å². The maximum absolute atomic E-state index is 13.8. The highest BCUT2D eigenvalue weighted by molar-refractivity contribution is 6.76. The summed E-state index contributed by atoms with van der Waals surface area (Å²) in [5, 5.41) is 0. The molecule has 0 aromatic heterocycles. The number of nitrogens with two attached hydrogens (primary N) is 1. The lowest BCUT2D eigenvalue weighted by Gasteiger charge is -2.38. The van der Waals surface area contributed by atoms with Gasteiger partial charge in [0.05, 0.1) is 5.67 Å². The smallest absolute Gasteiger partial charge is 0.214 e. The lowest BCUT2D eigenvalue weighted by molar-refractivity contribution is 0.364. The van der Waals surface area contributed by atoms with Gasteiger partial charge in [-0.3, -0.25) is 0 Å². The van der Waals surface area contributed by atoms with Crippen molar-refractivity contribution in [3.8, 4) is 0 Å². The van der Waals surface area contributed by atoms with E-state index >= 15 is 0 Å². The number of benzene rings is 1. The fourth-order valence-corrected chi connectivity index (χ4v) is 6.00. The zero-order valence-electron chi connectivity index (χ0n) is 12.1. The van der Waals surface area contributed by atoms with E-state index in [1.807, 2.05) is 0 Å². The van der Waals surface area contributed by atoms with E-state index in [1.54, 1.807) is 27.7 Å². The Morgan fingerprint density at radius 3 is 1.33 bits per heavy atom. The predicted octanol–water partition coefficient (Wildman–Crippen LogP) is 3.68. The van der Waals surface area contributed by atoms with Gasteiger partial charge in [-0.1, -0.05) is 27.7 Å². The minimum Gasteiger partial charge on any atom is -0.429 e. The molecular weight excluding hydrogens is 309 g/mol. The van der Waals surface area contributed by atoms with Gasteiger partial charge in [0.1, 0.15) is 0 Å². The van der Waals surface area contributed by atoms with E-state index in [1.165, 1.54) is 0 Å². The van der Waals surface area contributed by atoms with Crippen LogP contribution in [0.1, 0.15) is 38.9 Å². The summed E-state index contributed by atoms with van der Waals surface area (Å²) in [7, 11) is -3.53. The number of hydrogen-bond donors (Lipinski definition) is 2. The van der Waals surface area contributed by atoms with Gasteiger partial charge in [-0.05, 0) is 11.1 Å². The average molecular weight is 327 g/mol. The third-order valence-electron chi connectivity index (χ3n) is 3.90. The number of halogens is 5. The summed E-state index contributed by atoms with van der Waals surface area (Å²) >= 11 is 0. The van der Waals surface area contributed by atoms with E-state index in [2.05, 4.69) is 0 Å². The highest BCUT2D eigenvalue weighted by Crippen LogP contribution is 2.40. The summed E-state index contributed by atoms with van der Waals surface area (Å²) in [6, 6.07) is 0. The Bertz CT molecular complexity index is 513. The molecule has 0 aliphatic heterocycles. The molecule has 0 radical (unpaired) electrons. The lowest BCUT2D eigenvalue weighted by Crippen LogP contribution is -2.52.